The lowest BCUT2D eigenvalue weighted by Gasteiger charge is -2.36. The molecule has 1 aliphatic carbocycles. The number of hydrogen-bond acceptors (Lipinski definition) is 3. The highest BCUT2D eigenvalue weighted by molar-refractivity contribution is 7.13. The Morgan fingerprint density at radius 1 is 1.24 bits per heavy atom. The first-order chi connectivity index (χ1) is 8.34. The first kappa shape index (κ1) is 11.2. The number of fused-ring (bicyclic) bond motifs is 1. The molecular formula is C14H18N2S. The summed E-state index contributed by atoms with van der Waals surface area (Å²) in [6.07, 6.45) is 8.43. The van der Waals surface area contributed by atoms with E-state index >= 15 is 0 Å². The molecule has 2 nitrogen and oxygen atoms in total. The molecule has 90 valence electrons. The highest BCUT2D eigenvalue weighted by Gasteiger charge is 2.32. The molecule has 1 aliphatic rings. The fourth-order valence-corrected chi connectivity index (χ4v) is 3.71. The van der Waals surface area contributed by atoms with Crippen molar-refractivity contribution >= 4 is 21.6 Å². The van der Waals surface area contributed by atoms with Gasteiger partial charge in [-0.05, 0) is 36.0 Å². The third kappa shape index (κ3) is 1.87. The van der Waals surface area contributed by atoms with Crippen molar-refractivity contribution in [2.75, 3.05) is 6.54 Å². The molecule has 1 saturated carbocycles. The lowest BCUT2D eigenvalue weighted by molar-refractivity contribution is 0.301. The summed E-state index contributed by atoms with van der Waals surface area (Å²) in [5.41, 5.74) is 7.74. The van der Waals surface area contributed by atoms with Crippen LogP contribution in [0.2, 0.25) is 0 Å². The lowest BCUT2D eigenvalue weighted by atomic mass is 9.69. The summed E-state index contributed by atoms with van der Waals surface area (Å²) in [5, 5.41) is 1.25. The summed E-state index contributed by atoms with van der Waals surface area (Å²) < 4.78 is 5.54. The molecule has 0 radical (unpaired) electrons. The Morgan fingerprint density at radius 3 is 2.82 bits per heavy atom. The summed E-state index contributed by atoms with van der Waals surface area (Å²) in [7, 11) is 0. The van der Waals surface area contributed by atoms with Crippen LogP contribution >= 0.6 is 11.5 Å². The zero-order valence-corrected chi connectivity index (χ0v) is 10.8. The molecular weight excluding hydrogens is 228 g/mol. The Labute approximate surface area is 106 Å². The first-order valence-corrected chi connectivity index (χ1v) is 7.16. The standard InChI is InChI=1S/C14H18N2S/c15-10-14(6-2-1-3-7-14)12-5-4-11-9-16-17-13(11)8-12/h4-5,8-9H,1-3,6-7,10,15H2. The van der Waals surface area contributed by atoms with Crippen LogP contribution in [0.1, 0.15) is 37.7 Å². The van der Waals surface area contributed by atoms with Crippen molar-refractivity contribution in [1.29, 1.82) is 0 Å². The highest BCUT2D eigenvalue weighted by atomic mass is 32.1. The van der Waals surface area contributed by atoms with E-state index in [2.05, 4.69) is 22.6 Å². The molecule has 0 atom stereocenters. The molecule has 1 heterocycles. The van der Waals surface area contributed by atoms with E-state index in [0.29, 0.717) is 0 Å². The SMILES string of the molecule is NCC1(c2ccc3cnsc3c2)CCCCC1. The van der Waals surface area contributed by atoms with Gasteiger partial charge in [0.1, 0.15) is 0 Å². The van der Waals surface area contributed by atoms with E-state index in [1.54, 1.807) is 11.5 Å². The van der Waals surface area contributed by atoms with E-state index in [1.807, 2.05) is 6.20 Å². The van der Waals surface area contributed by atoms with Crippen LogP contribution in [0.25, 0.3) is 10.1 Å². The normalized spacial score (nSPS) is 19.6. The van der Waals surface area contributed by atoms with Gasteiger partial charge in [-0.1, -0.05) is 31.4 Å². The fourth-order valence-electron chi connectivity index (χ4n) is 3.03. The molecule has 1 aromatic heterocycles. The van der Waals surface area contributed by atoms with Gasteiger partial charge < -0.3 is 5.73 Å². The predicted molar refractivity (Wildman–Crippen MR) is 73.4 cm³/mol. The molecule has 0 unspecified atom stereocenters. The average molecular weight is 246 g/mol. The minimum absolute atomic E-state index is 0.233. The van der Waals surface area contributed by atoms with E-state index < -0.39 is 0 Å². The number of benzene rings is 1. The van der Waals surface area contributed by atoms with Gasteiger partial charge in [0.05, 0.1) is 4.70 Å². The maximum Gasteiger partial charge on any atom is 0.0552 e. The van der Waals surface area contributed by atoms with Gasteiger partial charge in [-0.3, -0.25) is 0 Å². The number of nitrogens with zero attached hydrogens (tertiary/aromatic N) is 1. The Kier molecular flexibility index (Phi) is 2.89. The van der Waals surface area contributed by atoms with Crippen molar-refractivity contribution in [2.24, 2.45) is 5.73 Å². The molecule has 0 saturated heterocycles. The van der Waals surface area contributed by atoms with Crippen molar-refractivity contribution in [3.05, 3.63) is 30.0 Å². The van der Waals surface area contributed by atoms with Gasteiger partial charge in [0.25, 0.3) is 0 Å². The third-order valence-corrected chi connectivity index (χ3v) is 4.93. The van der Waals surface area contributed by atoms with Crippen molar-refractivity contribution in [1.82, 2.24) is 4.37 Å². The van der Waals surface area contributed by atoms with E-state index in [-0.39, 0.29) is 5.41 Å². The number of rotatable bonds is 2. The Balaban J connectivity index is 2.04. The van der Waals surface area contributed by atoms with E-state index in [1.165, 1.54) is 47.8 Å². The molecule has 0 spiro atoms. The molecule has 3 heteroatoms. The molecule has 0 aliphatic heterocycles. The number of aromatic nitrogens is 1. The van der Waals surface area contributed by atoms with Crippen LogP contribution in [0.15, 0.2) is 24.4 Å². The smallest absolute Gasteiger partial charge is 0.0552 e. The average Bonchev–Trinajstić information content (AvgIpc) is 2.86. The molecule has 17 heavy (non-hydrogen) atoms. The van der Waals surface area contributed by atoms with Crippen LogP contribution in [0, 0.1) is 0 Å². The van der Waals surface area contributed by atoms with Gasteiger partial charge >= 0.3 is 0 Å². The van der Waals surface area contributed by atoms with Crippen molar-refractivity contribution in [3.8, 4) is 0 Å². The second-order valence-electron chi connectivity index (χ2n) is 5.12. The van der Waals surface area contributed by atoms with Crippen LogP contribution in [0.3, 0.4) is 0 Å². The zero-order valence-electron chi connectivity index (χ0n) is 9.98. The maximum absolute atomic E-state index is 6.08. The van der Waals surface area contributed by atoms with Crippen molar-refractivity contribution in [2.45, 2.75) is 37.5 Å². The van der Waals surface area contributed by atoms with Gasteiger partial charge in [0.2, 0.25) is 0 Å². The van der Waals surface area contributed by atoms with Gasteiger partial charge in [-0.25, -0.2) is 0 Å². The summed E-state index contributed by atoms with van der Waals surface area (Å²) in [4.78, 5) is 0. The minimum Gasteiger partial charge on any atom is -0.330 e. The Morgan fingerprint density at radius 2 is 2.06 bits per heavy atom. The summed E-state index contributed by atoms with van der Waals surface area (Å²) in [6, 6.07) is 6.76. The monoisotopic (exact) mass is 246 g/mol. The van der Waals surface area contributed by atoms with E-state index in [0.717, 1.165) is 6.54 Å². The van der Waals surface area contributed by atoms with Crippen molar-refractivity contribution in [3.63, 3.8) is 0 Å². The predicted octanol–water partition coefficient (Wildman–Crippen LogP) is 3.46. The Hall–Kier alpha value is -0.930. The quantitative estimate of drug-likeness (QED) is 0.881. The van der Waals surface area contributed by atoms with Gasteiger partial charge in [-0.15, -0.1) is 0 Å². The molecule has 0 bridgehead atoms. The molecule has 3 rings (SSSR count). The highest BCUT2D eigenvalue weighted by Crippen LogP contribution is 2.39. The summed E-state index contributed by atoms with van der Waals surface area (Å²) in [6.45, 7) is 0.775. The molecule has 1 aromatic carbocycles. The van der Waals surface area contributed by atoms with Crippen LogP contribution in [0.4, 0.5) is 0 Å². The van der Waals surface area contributed by atoms with E-state index in [9.17, 15) is 0 Å². The second kappa shape index (κ2) is 4.39. The fraction of sp³-hybridized carbons (Fsp3) is 0.500. The third-order valence-electron chi connectivity index (χ3n) is 4.17. The minimum atomic E-state index is 0.233. The van der Waals surface area contributed by atoms with Crippen LogP contribution in [-0.2, 0) is 5.41 Å². The number of nitrogens with two attached hydrogens (primary N) is 1. The molecule has 0 amide bonds. The van der Waals surface area contributed by atoms with E-state index in [4.69, 9.17) is 5.73 Å². The van der Waals surface area contributed by atoms with Gasteiger partial charge in [0.15, 0.2) is 0 Å². The van der Waals surface area contributed by atoms with Crippen LogP contribution in [0.5, 0.6) is 0 Å². The maximum atomic E-state index is 6.08. The van der Waals surface area contributed by atoms with Crippen LogP contribution in [-0.4, -0.2) is 10.9 Å². The van der Waals surface area contributed by atoms with Crippen LogP contribution < -0.4 is 5.73 Å². The second-order valence-corrected chi connectivity index (χ2v) is 5.96. The molecule has 2 aromatic rings. The zero-order chi connectivity index (χ0) is 11.7. The lowest BCUT2D eigenvalue weighted by Crippen LogP contribution is -2.37. The first-order valence-electron chi connectivity index (χ1n) is 6.39. The van der Waals surface area contributed by atoms with Gasteiger partial charge in [0, 0.05) is 23.5 Å². The largest absolute Gasteiger partial charge is 0.330 e. The number of hydrogen-bond donors (Lipinski definition) is 1. The van der Waals surface area contributed by atoms with Crippen molar-refractivity contribution < 1.29 is 0 Å². The van der Waals surface area contributed by atoms with Gasteiger partial charge in [-0.2, -0.15) is 4.37 Å². The molecule has 2 N–H and O–H groups in total. The summed E-state index contributed by atoms with van der Waals surface area (Å²) in [5.74, 6) is 0. The molecule has 1 fully saturated rings. The Bertz CT molecular complexity index is 512. The topological polar surface area (TPSA) is 38.9 Å². The summed E-state index contributed by atoms with van der Waals surface area (Å²) >= 11 is 1.58.